The van der Waals surface area contributed by atoms with Gasteiger partial charge in [0.05, 0.1) is 12.1 Å². The molecule has 0 amide bonds. The van der Waals surface area contributed by atoms with Gasteiger partial charge in [-0.1, -0.05) is 76.2 Å². The Balaban J connectivity index is 0.000000225. The lowest BCUT2D eigenvalue weighted by Crippen LogP contribution is -2.35. The Bertz CT molecular complexity index is 976. The third kappa shape index (κ3) is 7.16. The van der Waals surface area contributed by atoms with Crippen molar-refractivity contribution in [3.63, 3.8) is 0 Å². The van der Waals surface area contributed by atoms with Gasteiger partial charge in [-0.3, -0.25) is 9.59 Å². The third-order valence-corrected chi connectivity index (χ3v) is 5.28. The molecule has 3 rings (SSSR count). The number of rotatable bonds is 8. The summed E-state index contributed by atoms with van der Waals surface area (Å²) in [6, 6.07) is 17.1. The molecular formula is C26H35N3O2. The maximum atomic E-state index is 11.8. The fourth-order valence-electron chi connectivity index (χ4n) is 3.46. The van der Waals surface area contributed by atoms with Crippen LogP contribution < -0.4 is 11.5 Å². The molecular weight excluding hydrogens is 386 g/mol. The summed E-state index contributed by atoms with van der Waals surface area (Å²) >= 11 is 0. The topological polar surface area (TPSA) is 102 Å². The van der Waals surface area contributed by atoms with Gasteiger partial charge in [0, 0.05) is 28.9 Å². The van der Waals surface area contributed by atoms with E-state index >= 15 is 0 Å². The minimum Gasteiger partial charge on any atom is -0.361 e. The lowest BCUT2D eigenvalue weighted by Gasteiger charge is -2.12. The SMILES string of the molecule is CC(C)C(=O)C(N)Cc1c[nH]c2ccccc12.CC(C)C(=O)C(N)Cc1ccccc1. The zero-order chi connectivity index (χ0) is 23.0. The molecule has 0 saturated heterocycles. The lowest BCUT2D eigenvalue weighted by molar-refractivity contribution is -0.123. The van der Waals surface area contributed by atoms with Crippen LogP contribution in [0, 0.1) is 11.8 Å². The first kappa shape index (κ1) is 24.5. The number of H-pyrrole nitrogens is 1. The Kier molecular flexibility index (Phi) is 9.16. The van der Waals surface area contributed by atoms with E-state index in [0.29, 0.717) is 12.8 Å². The number of hydrogen-bond donors (Lipinski definition) is 3. The van der Waals surface area contributed by atoms with Crippen molar-refractivity contribution in [2.75, 3.05) is 0 Å². The van der Waals surface area contributed by atoms with Crippen molar-refractivity contribution in [2.45, 2.75) is 52.6 Å². The number of aromatic nitrogens is 1. The van der Waals surface area contributed by atoms with Crippen LogP contribution in [0.25, 0.3) is 10.9 Å². The molecule has 0 aliphatic heterocycles. The molecule has 2 aromatic carbocycles. The van der Waals surface area contributed by atoms with Crippen molar-refractivity contribution in [1.82, 2.24) is 4.98 Å². The number of nitrogens with one attached hydrogen (secondary N) is 1. The maximum Gasteiger partial charge on any atom is 0.152 e. The number of carbonyl (C=O) groups excluding carboxylic acids is 2. The van der Waals surface area contributed by atoms with E-state index in [1.165, 1.54) is 0 Å². The van der Waals surface area contributed by atoms with Crippen molar-refractivity contribution in [1.29, 1.82) is 0 Å². The summed E-state index contributed by atoms with van der Waals surface area (Å²) in [7, 11) is 0. The Morgan fingerprint density at radius 2 is 1.29 bits per heavy atom. The van der Waals surface area contributed by atoms with Gasteiger partial charge in [0.25, 0.3) is 0 Å². The quantitative estimate of drug-likeness (QED) is 0.511. The van der Waals surface area contributed by atoms with Crippen molar-refractivity contribution >= 4 is 22.5 Å². The molecule has 1 aromatic heterocycles. The molecule has 0 radical (unpaired) electrons. The van der Waals surface area contributed by atoms with Crippen LogP contribution in [-0.2, 0) is 22.4 Å². The number of nitrogens with two attached hydrogens (primary N) is 2. The second-order valence-corrected chi connectivity index (χ2v) is 8.58. The zero-order valence-electron chi connectivity index (χ0n) is 19.0. The van der Waals surface area contributed by atoms with Crippen LogP contribution in [0.15, 0.2) is 60.8 Å². The van der Waals surface area contributed by atoms with Crippen LogP contribution in [0.3, 0.4) is 0 Å². The van der Waals surface area contributed by atoms with Gasteiger partial charge < -0.3 is 16.5 Å². The van der Waals surface area contributed by atoms with Crippen molar-refractivity contribution in [3.8, 4) is 0 Å². The predicted octanol–water partition coefficient (Wildman–Crippen LogP) is 4.04. The normalized spacial score (nSPS) is 13.0. The fraction of sp³-hybridized carbons (Fsp3) is 0.385. The average molecular weight is 422 g/mol. The van der Waals surface area contributed by atoms with E-state index in [1.54, 1.807) is 0 Å². The van der Waals surface area contributed by atoms with E-state index < -0.39 is 6.04 Å². The maximum absolute atomic E-state index is 11.8. The molecule has 2 atom stereocenters. The van der Waals surface area contributed by atoms with Gasteiger partial charge in [0.2, 0.25) is 0 Å². The molecule has 0 saturated carbocycles. The van der Waals surface area contributed by atoms with E-state index in [1.807, 2.05) is 88.5 Å². The number of carbonyl (C=O) groups is 2. The summed E-state index contributed by atoms with van der Waals surface area (Å²) in [6.07, 6.45) is 3.18. The van der Waals surface area contributed by atoms with E-state index in [2.05, 4.69) is 4.98 Å². The molecule has 3 aromatic rings. The number of fused-ring (bicyclic) bond motifs is 1. The van der Waals surface area contributed by atoms with Gasteiger partial charge in [0.1, 0.15) is 0 Å². The Morgan fingerprint density at radius 3 is 1.87 bits per heavy atom. The lowest BCUT2D eigenvalue weighted by atomic mass is 9.96. The number of Topliss-reactive ketones (excluding diaryl/α,β-unsaturated/α-hetero) is 2. The molecule has 0 aliphatic carbocycles. The number of aromatic amines is 1. The third-order valence-electron chi connectivity index (χ3n) is 5.28. The summed E-state index contributed by atoms with van der Waals surface area (Å²) in [5.41, 5.74) is 15.1. The van der Waals surface area contributed by atoms with Crippen molar-refractivity contribution in [3.05, 3.63) is 71.9 Å². The van der Waals surface area contributed by atoms with Gasteiger partial charge in [-0.25, -0.2) is 0 Å². The minimum absolute atomic E-state index is 0.00444. The van der Waals surface area contributed by atoms with Crippen LogP contribution in [0.1, 0.15) is 38.8 Å². The Labute approximate surface area is 185 Å². The number of hydrogen-bond acceptors (Lipinski definition) is 4. The van der Waals surface area contributed by atoms with Crippen LogP contribution >= 0.6 is 0 Å². The highest BCUT2D eigenvalue weighted by atomic mass is 16.1. The summed E-state index contributed by atoms with van der Waals surface area (Å²) in [5, 5.41) is 1.15. The van der Waals surface area contributed by atoms with Gasteiger partial charge >= 0.3 is 0 Å². The van der Waals surface area contributed by atoms with Gasteiger partial charge in [-0.2, -0.15) is 0 Å². The Hall–Kier alpha value is -2.76. The molecule has 2 unspecified atom stereocenters. The monoisotopic (exact) mass is 421 g/mol. The molecule has 166 valence electrons. The highest BCUT2D eigenvalue weighted by molar-refractivity contribution is 5.88. The summed E-state index contributed by atoms with van der Waals surface area (Å²) in [4.78, 5) is 26.5. The highest BCUT2D eigenvalue weighted by Crippen LogP contribution is 2.19. The molecule has 31 heavy (non-hydrogen) atoms. The van der Waals surface area contributed by atoms with Crippen LogP contribution in [-0.4, -0.2) is 28.6 Å². The van der Waals surface area contributed by atoms with Gasteiger partial charge in [-0.05, 0) is 30.0 Å². The molecule has 0 aliphatic rings. The van der Waals surface area contributed by atoms with E-state index in [-0.39, 0.29) is 29.4 Å². The van der Waals surface area contributed by atoms with Crippen LogP contribution in [0.5, 0.6) is 0 Å². The summed E-state index contributed by atoms with van der Waals surface area (Å²) in [6.45, 7) is 7.54. The minimum atomic E-state index is -0.408. The molecule has 5 heteroatoms. The van der Waals surface area contributed by atoms with E-state index in [4.69, 9.17) is 11.5 Å². The molecule has 0 bridgehead atoms. The van der Waals surface area contributed by atoms with Crippen molar-refractivity contribution < 1.29 is 9.59 Å². The van der Waals surface area contributed by atoms with Gasteiger partial charge in [-0.15, -0.1) is 0 Å². The first-order chi connectivity index (χ1) is 14.7. The second-order valence-electron chi connectivity index (χ2n) is 8.58. The second kappa shape index (κ2) is 11.6. The summed E-state index contributed by atoms with van der Waals surface area (Å²) < 4.78 is 0. The zero-order valence-corrected chi connectivity index (χ0v) is 19.0. The van der Waals surface area contributed by atoms with Gasteiger partial charge in [0.15, 0.2) is 11.6 Å². The first-order valence-corrected chi connectivity index (χ1v) is 10.9. The fourth-order valence-corrected chi connectivity index (χ4v) is 3.46. The number of ketones is 2. The molecule has 0 fully saturated rings. The van der Waals surface area contributed by atoms with E-state index in [0.717, 1.165) is 22.0 Å². The molecule has 5 N–H and O–H groups in total. The van der Waals surface area contributed by atoms with Crippen LogP contribution in [0.2, 0.25) is 0 Å². The van der Waals surface area contributed by atoms with Crippen LogP contribution in [0.4, 0.5) is 0 Å². The highest BCUT2D eigenvalue weighted by Gasteiger charge is 2.19. The van der Waals surface area contributed by atoms with E-state index in [9.17, 15) is 9.59 Å². The molecule has 1 heterocycles. The average Bonchev–Trinajstić information content (AvgIpc) is 3.16. The predicted molar refractivity (Wildman–Crippen MR) is 128 cm³/mol. The largest absolute Gasteiger partial charge is 0.361 e. The van der Waals surface area contributed by atoms with Crippen molar-refractivity contribution in [2.24, 2.45) is 23.3 Å². The standard InChI is InChI=1S/C14H18N2O.C12H17NO/c1-9(2)14(17)12(15)7-10-8-16-13-6-4-3-5-11(10)13;1-9(2)12(14)11(13)8-10-6-4-3-5-7-10/h3-6,8-9,12,16H,7,15H2,1-2H3;3-7,9,11H,8,13H2,1-2H3. The molecule has 0 spiro atoms. The first-order valence-electron chi connectivity index (χ1n) is 10.9. The Morgan fingerprint density at radius 1 is 0.774 bits per heavy atom. The summed E-state index contributed by atoms with van der Waals surface area (Å²) in [5.74, 6) is 0.271. The smallest absolute Gasteiger partial charge is 0.152 e. The number of benzene rings is 2. The molecule has 5 nitrogen and oxygen atoms in total. The number of para-hydroxylation sites is 1.